The largest absolute Gasteiger partial charge is 0.318 e. The zero-order valence-corrected chi connectivity index (χ0v) is 12.3. The molecule has 0 aromatic rings. The minimum atomic E-state index is 0.478. The first-order chi connectivity index (χ1) is 7.97. The molecule has 0 saturated carbocycles. The highest BCUT2D eigenvalue weighted by atomic mass is 15.2. The van der Waals surface area contributed by atoms with Crippen molar-refractivity contribution < 1.29 is 0 Å². The third-order valence-electron chi connectivity index (χ3n) is 4.19. The average molecular weight is 241 g/mol. The van der Waals surface area contributed by atoms with Gasteiger partial charge in [0.05, 0.1) is 0 Å². The molecular weight excluding hydrogens is 210 g/mol. The Hall–Kier alpha value is -0.120. The third kappa shape index (κ3) is 4.57. The maximum absolute atomic E-state index is 3.65. The van der Waals surface area contributed by atoms with Crippen LogP contribution < -0.4 is 10.6 Å². The van der Waals surface area contributed by atoms with Gasteiger partial charge in [-0.25, -0.2) is 0 Å². The molecular formula is C14H31N3. The molecule has 1 rings (SSSR count). The number of nitrogens with zero attached hydrogens (tertiary/aromatic N) is 1. The number of likely N-dealkylation sites (N-methyl/N-ethyl adjacent to an activating group) is 1. The maximum Gasteiger partial charge on any atom is 0.0131 e. The van der Waals surface area contributed by atoms with Crippen molar-refractivity contribution in [2.75, 3.05) is 33.2 Å². The summed E-state index contributed by atoms with van der Waals surface area (Å²) in [7, 11) is 2.03. The fourth-order valence-corrected chi connectivity index (χ4v) is 2.69. The van der Waals surface area contributed by atoms with Crippen molar-refractivity contribution in [2.45, 2.75) is 52.6 Å². The zero-order chi connectivity index (χ0) is 12.9. The summed E-state index contributed by atoms with van der Waals surface area (Å²) in [6.45, 7) is 14.0. The van der Waals surface area contributed by atoms with Crippen LogP contribution in [0.2, 0.25) is 0 Å². The first-order valence-corrected chi connectivity index (χ1v) is 7.09. The Morgan fingerprint density at radius 2 is 2.06 bits per heavy atom. The zero-order valence-electron chi connectivity index (χ0n) is 12.3. The first kappa shape index (κ1) is 14.9. The lowest BCUT2D eigenvalue weighted by Crippen LogP contribution is -2.41. The highest BCUT2D eigenvalue weighted by Crippen LogP contribution is 2.31. The summed E-state index contributed by atoms with van der Waals surface area (Å²) < 4.78 is 0. The SMILES string of the molecule is CNCCN(CCC1NCCC1(C)C)C(C)C. The van der Waals surface area contributed by atoms with E-state index in [0.717, 1.165) is 13.1 Å². The predicted molar refractivity (Wildman–Crippen MR) is 75.4 cm³/mol. The Morgan fingerprint density at radius 3 is 2.53 bits per heavy atom. The van der Waals surface area contributed by atoms with E-state index in [1.807, 2.05) is 7.05 Å². The average Bonchev–Trinajstić information content (AvgIpc) is 2.57. The van der Waals surface area contributed by atoms with Crippen molar-refractivity contribution in [3.05, 3.63) is 0 Å². The van der Waals surface area contributed by atoms with Crippen LogP contribution >= 0.6 is 0 Å². The monoisotopic (exact) mass is 241 g/mol. The Kier molecular flexibility index (Phi) is 5.90. The number of hydrogen-bond donors (Lipinski definition) is 2. The molecule has 0 radical (unpaired) electrons. The summed E-state index contributed by atoms with van der Waals surface area (Å²) in [5.41, 5.74) is 0.478. The molecule has 0 amide bonds. The summed E-state index contributed by atoms with van der Waals surface area (Å²) in [6.07, 6.45) is 2.59. The molecule has 3 nitrogen and oxygen atoms in total. The molecule has 1 heterocycles. The molecule has 2 N–H and O–H groups in total. The van der Waals surface area contributed by atoms with Crippen LogP contribution in [0.4, 0.5) is 0 Å². The van der Waals surface area contributed by atoms with Crippen LogP contribution in [0, 0.1) is 5.41 Å². The number of hydrogen-bond acceptors (Lipinski definition) is 3. The van der Waals surface area contributed by atoms with E-state index in [9.17, 15) is 0 Å². The second-order valence-electron chi connectivity index (χ2n) is 6.27. The fourth-order valence-electron chi connectivity index (χ4n) is 2.69. The summed E-state index contributed by atoms with van der Waals surface area (Å²) in [4.78, 5) is 2.58. The van der Waals surface area contributed by atoms with Gasteiger partial charge in [-0.2, -0.15) is 0 Å². The van der Waals surface area contributed by atoms with Crippen molar-refractivity contribution in [3.63, 3.8) is 0 Å². The standard InChI is InChI=1S/C14H31N3/c1-12(2)17(11-9-15-5)10-6-13-14(3,4)7-8-16-13/h12-13,15-16H,6-11H2,1-5H3. The Bertz CT molecular complexity index is 214. The molecule has 0 aliphatic carbocycles. The minimum Gasteiger partial charge on any atom is -0.318 e. The lowest BCUT2D eigenvalue weighted by molar-refractivity contribution is 0.193. The molecule has 1 atom stereocenters. The van der Waals surface area contributed by atoms with E-state index in [0.29, 0.717) is 17.5 Å². The molecule has 102 valence electrons. The van der Waals surface area contributed by atoms with Crippen LogP contribution in [0.3, 0.4) is 0 Å². The molecule has 1 saturated heterocycles. The lowest BCUT2D eigenvalue weighted by atomic mass is 9.83. The van der Waals surface area contributed by atoms with Gasteiger partial charge < -0.3 is 10.6 Å². The van der Waals surface area contributed by atoms with E-state index in [4.69, 9.17) is 0 Å². The van der Waals surface area contributed by atoms with Crippen LogP contribution in [0.5, 0.6) is 0 Å². The van der Waals surface area contributed by atoms with Crippen molar-refractivity contribution >= 4 is 0 Å². The normalized spacial score (nSPS) is 23.8. The first-order valence-electron chi connectivity index (χ1n) is 7.09. The van der Waals surface area contributed by atoms with Gasteiger partial charge in [0.25, 0.3) is 0 Å². The van der Waals surface area contributed by atoms with Crippen molar-refractivity contribution in [2.24, 2.45) is 5.41 Å². The predicted octanol–water partition coefficient (Wildman–Crippen LogP) is 1.69. The van der Waals surface area contributed by atoms with Crippen LogP contribution in [0.1, 0.15) is 40.5 Å². The second kappa shape index (κ2) is 6.72. The van der Waals surface area contributed by atoms with Gasteiger partial charge in [0, 0.05) is 25.2 Å². The van der Waals surface area contributed by atoms with E-state index in [1.165, 1.54) is 25.9 Å². The van der Waals surface area contributed by atoms with Crippen LogP contribution in [-0.2, 0) is 0 Å². The third-order valence-corrected chi connectivity index (χ3v) is 4.19. The van der Waals surface area contributed by atoms with Crippen LogP contribution in [0.15, 0.2) is 0 Å². The van der Waals surface area contributed by atoms with Gasteiger partial charge in [0.1, 0.15) is 0 Å². The van der Waals surface area contributed by atoms with Crippen molar-refractivity contribution in [1.82, 2.24) is 15.5 Å². The molecule has 1 aliphatic heterocycles. The molecule has 17 heavy (non-hydrogen) atoms. The van der Waals surface area contributed by atoms with E-state index in [2.05, 4.69) is 43.2 Å². The van der Waals surface area contributed by atoms with Gasteiger partial charge in [-0.05, 0) is 52.2 Å². The van der Waals surface area contributed by atoms with Crippen LogP contribution in [0.25, 0.3) is 0 Å². The summed E-state index contributed by atoms with van der Waals surface area (Å²) >= 11 is 0. The molecule has 0 bridgehead atoms. The second-order valence-corrected chi connectivity index (χ2v) is 6.27. The van der Waals surface area contributed by atoms with E-state index >= 15 is 0 Å². The number of nitrogens with one attached hydrogen (secondary N) is 2. The molecule has 1 unspecified atom stereocenters. The van der Waals surface area contributed by atoms with Gasteiger partial charge in [-0.1, -0.05) is 13.8 Å². The summed E-state index contributed by atoms with van der Waals surface area (Å²) in [6, 6.07) is 1.34. The van der Waals surface area contributed by atoms with Gasteiger partial charge in [0.15, 0.2) is 0 Å². The van der Waals surface area contributed by atoms with Gasteiger partial charge in [-0.15, -0.1) is 0 Å². The molecule has 0 aromatic heterocycles. The Morgan fingerprint density at radius 1 is 1.35 bits per heavy atom. The molecule has 1 aliphatic rings. The smallest absolute Gasteiger partial charge is 0.0131 e. The van der Waals surface area contributed by atoms with Crippen LogP contribution in [-0.4, -0.2) is 50.2 Å². The summed E-state index contributed by atoms with van der Waals surface area (Å²) in [5, 5.41) is 6.89. The molecule has 1 fully saturated rings. The fraction of sp³-hybridized carbons (Fsp3) is 1.00. The molecule has 3 heteroatoms. The topological polar surface area (TPSA) is 27.3 Å². The van der Waals surface area contributed by atoms with Crippen molar-refractivity contribution in [1.29, 1.82) is 0 Å². The Labute approximate surface area is 107 Å². The lowest BCUT2D eigenvalue weighted by Gasteiger charge is -2.31. The van der Waals surface area contributed by atoms with Crippen molar-refractivity contribution in [3.8, 4) is 0 Å². The van der Waals surface area contributed by atoms with E-state index in [-0.39, 0.29) is 0 Å². The van der Waals surface area contributed by atoms with Gasteiger partial charge in [0.2, 0.25) is 0 Å². The van der Waals surface area contributed by atoms with E-state index < -0.39 is 0 Å². The van der Waals surface area contributed by atoms with E-state index in [1.54, 1.807) is 0 Å². The van der Waals surface area contributed by atoms with Gasteiger partial charge in [-0.3, -0.25) is 4.90 Å². The van der Waals surface area contributed by atoms with Gasteiger partial charge >= 0.3 is 0 Å². The number of rotatable bonds is 7. The molecule has 0 spiro atoms. The molecule has 0 aromatic carbocycles. The quantitative estimate of drug-likeness (QED) is 0.710. The minimum absolute atomic E-state index is 0.478. The summed E-state index contributed by atoms with van der Waals surface area (Å²) in [5.74, 6) is 0. The highest BCUT2D eigenvalue weighted by molar-refractivity contribution is 4.91. The Balaban J connectivity index is 2.35. The maximum atomic E-state index is 3.65. The highest BCUT2D eigenvalue weighted by Gasteiger charge is 2.33.